The molecule has 0 amide bonds. The summed E-state index contributed by atoms with van der Waals surface area (Å²) in [5.41, 5.74) is 0. The lowest BCUT2D eigenvalue weighted by Gasteiger charge is -2.14. The fourth-order valence-corrected chi connectivity index (χ4v) is 1.49. The molecule has 20 heavy (non-hydrogen) atoms. The van der Waals surface area contributed by atoms with E-state index in [1.54, 1.807) is 12.1 Å². The van der Waals surface area contributed by atoms with Crippen LogP contribution in [0.25, 0.3) is 5.82 Å². The molecule has 0 aliphatic carbocycles. The van der Waals surface area contributed by atoms with Gasteiger partial charge in [0.15, 0.2) is 12.4 Å². The zero-order valence-corrected chi connectivity index (χ0v) is 10.6. The molecule has 2 heterocycles. The number of pyridine rings is 1. The number of hydrogen-bond acceptors (Lipinski definition) is 3. The minimum Gasteiger partial charge on any atom is -0.470 e. The maximum absolute atomic E-state index is 12.7. The molecule has 0 saturated heterocycles. The number of rotatable bonds is 5. The van der Waals surface area contributed by atoms with Crippen LogP contribution in [-0.4, -0.2) is 33.7 Å². The van der Waals surface area contributed by atoms with Gasteiger partial charge in [0.05, 0.1) is 5.02 Å². The lowest BCUT2D eigenvalue weighted by Crippen LogP contribution is -2.33. The van der Waals surface area contributed by atoms with Crippen molar-refractivity contribution < 1.29 is 22.3 Å². The molecular weight excluding hydrogens is 302 g/mol. The van der Waals surface area contributed by atoms with E-state index < -0.39 is 19.0 Å². The Labute approximate surface area is 115 Å². The van der Waals surface area contributed by atoms with Crippen molar-refractivity contribution in [2.75, 3.05) is 6.61 Å². The van der Waals surface area contributed by atoms with Crippen molar-refractivity contribution in [3.8, 4) is 11.7 Å². The van der Waals surface area contributed by atoms with Gasteiger partial charge in [0.25, 0.3) is 0 Å². The topological polar surface area (TPSA) is 39.9 Å². The molecule has 4 nitrogen and oxygen atoms in total. The summed E-state index contributed by atoms with van der Waals surface area (Å²) in [5, 5.41) is 4.06. The van der Waals surface area contributed by atoms with Crippen molar-refractivity contribution in [3.63, 3.8) is 0 Å². The molecule has 2 rings (SSSR count). The average molecular weight is 310 g/mol. The molecule has 0 fully saturated rings. The molecule has 2 aromatic heterocycles. The van der Waals surface area contributed by atoms with Crippen LogP contribution in [0.1, 0.15) is 0 Å². The zero-order chi connectivity index (χ0) is 14.8. The van der Waals surface area contributed by atoms with Gasteiger partial charge in [-0.15, -0.1) is 5.10 Å². The summed E-state index contributed by atoms with van der Waals surface area (Å²) in [4.78, 5) is 3.94. The summed E-state index contributed by atoms with van der Waals surface area (Å²) < 4.78 is 55.0. The molecule has 108 valence electrons. The quantitative estimate of drug-likeness (QED) is 0.796. The van der Waals surface area contributed by atoms with Crippen molar-refractivity contribution in [1.82, 2.24) is 14.8 Å². The second-order valence-electron chi connectivity index (χ2n) is 3.76. The highest BCUT2D eigenvalue weighted by molar-refractivity contribution is 6.32. The fraction of sp³-hybridized carbons (Fsp3) is 0.273. The van der Waals surface area contributed by atoms with Gasteiger partial charge in [0.2, 0.25) is 5.88 Å². The van der Waals surface area contributed by atoms with E-state index in [1.807, 2.05) is 0 Å². The Hall–Kier alpha value is -1.83. The van der Waals surface area contributed by atoms with Crippen LogP contribution in [0.15, 0.2) is 30.6 Å². The summed E-state index contributed by atoms with van der Waals surface area (Å²) in [5.74, 6) is -4.19. The van der Waals surface area contributed by atoms with Crippen molar-refractivity contribution in [2.45, 2.75) is 12.3 Å². The Kier molecular flexibility index (Phi) is 4.12. The van der Waals surface area contributed by atoms with E-state index in [9.17, 15) is 17.6 Å². The van der Waals surface area contributed by atoms with Gasteiger partial charge >= 0.3 is 12.3 Å². The van der Waals surface area contributed by atoms with Crippen LogP contribution in [0.4, 0.5) is 17.6 Å². The minimum atomic E-state index is -4.23. The second kappa shape index (κ2) is 5.66. The first-order valence-electron chi connectivity index (χ1n) is 5.35. The molecule has 0 unspecified atom stereocenters. The largest absolute Gasteiger partial charge is 0.470 e. The minimum absolute atomic E-state index is 0.230. The normalized spacial score (nSPS) is 11.9. The zero-order valence-electron chi connectivity index (χ0n) is 9.81. The third-order valence-corrected chi connectivity index (χ3v) is 2.55. The summed E-state index contributed by atoms with van der Waals surface area (Å²) in [7, 11) is 0. The van der Waals surface area contributed by atoms with Crippen LogP contribution in [0.3, 0.4) is 0 Å². The Morgan fingerprint density at radius 2 is 2.10 bits per heavy atom. The van der Waals surface area contributed by atoms with Crippen LogP contribution in [0, 0.1) is 0 Å². The van der Waals surface area contributed by atoms with Gasteiger partial charge in [-0.2, -0.15) is 8.78 Å². The maximum Gasteiger partial charge on any atom is 0.340 e. The molecule has 0 aliphatic heterocycles. The van der Waals surface area contributed by atoms with Gasteiger partial charge in [0, 0.05) is 18.5 Å². The highest BCUT2D eigenvalue weighted by Crippen LogP contribution is 2.24. The number of alkyl halides is 4. The van der Waals surface area contributed by atoms with Crippen molar-refractivity contribution in [3.05, 3.63) is 35.6 Å². The Morgan fingerprint density at radius 3 is 2.75 bits per heavy atom. The third-order valence-electron chi connectivity index (χ3n) is 2.25. The number of aromatic nitrogens is 3. The summed E-state index contributed by atoms with van der Waals surface area (Å²) in [6, 6.07) is 4.42. The molecule has 0 aliphatic rings. The highest BCUT2D eigenvalue weighted by Gasteiger charge is 2.41. The van der Waals surface area contributed by atoms with Gasteiger partial charge in [-0.25, -0.2) is 18.4 Å². The van der Waals surface area contributed by atoms with Crippen LogP contribution in [-0.2, 0) is 0 Å². The first-order chi connectivity index (χ1) is 9.40. The van der Waals surface area contributed by atoms with Gasteiger partial charge in [0.1, 0.15) is 0 Å². The Balaban J connectivity index is 2.09. The molecule has 2 aromatic rings. The Morgan fingerprint density at radius 1 is 1.35 bits per heavy atom. The van der Waals surface area contributed by atoms with Crippen molar-refractivity contribution in [1.29, 1.82) is 0 Å². The summed E-state index contributed by atoms with van der Waals surface area (Å²) in [6.07, 6.45) is -0.965. The van der Waals surface area contributed by atoms with Crippen LogP contribution in [0.5, 0.6) is 5.88 Å². The van der Waals surface area contributed by atoms with Gasteiger partial charge in [-0.3, -0.25) is 0 Å². The Bertz CT molecular complexity index is 591. The first-order valence-corrected chi connectivity index (χ1v) is 5.73. The number of ether oxygens (including phenoxy) is 1. The van der Waals surface area contributed by atoms with E-state index in [4.69, 9.17) is 11.6 Å². The van der Waals surface area contributed by atoms with Crippen molar-refractivity contribution in [2.24, 2.45) is 0 Å². The predicted molar refractivity (Wildman–Crippen MR) is 62.8 cm³/mol. The van der Waals surface area contributed by atoms with E-state index in [2.05, 4.69) is 14.8 Å². The van der Waals surface area contributed by atoms with E-state index >= 15 is 0 Å². The van der Waals surface area contributed by atoms with Crippen LogP contribution in [0.2, 0.25) is 5.02 Å². The molecule has 9 heteroatoms. The lowest BCUT2D eigenvalue weighted by atomic mass is 10.4. The van der Waals surface area contributed by atoms with Crippen LogP contribution >= 0.6 is 11.6 Å². The summed E-state index contributed by atoms with van der Waals surface area (Å²) >= 11 is 5.88. The molecular formula is C11H8ClF4N3O. The van der Waals surface area contributed by atoms with Gasteiger partial charge in [-0.1, -0.05) is 11.6 Å². The van der Waals surface area contributed by atoms with E-state index in [-0.39, 0.29) is 11.7 Å². The number of nitrogens with zero attached hydrogens (tertiary/aromatic N) is 3. The van der Waals surface area contributed by atoms with Gasteiger partial charge in [-0.05, 0) is 12.1 Å². The number of hydrogen-bond donors (Lipinski definition) is 0. The molecule has 0 saturated carbocycles. The molecule has 0 N–H and O–H groups in total. The van der Waals surface area contributed by atoms with Crippen LogP contribution < -0.4 is 4.74 Å². The molecule has 0 radical (unpaired) electrons. The predicted octanol–water partition coefficient (Wildman–Crippen LogP) is 3.20. The summed E-state index contributed by atoms with van der Waals surface area (Å²) in [6.45, 7) is -1.46. The average Bonchev–Trinajstić information content (AvgIpc) is 2.85. The first kappa shape index (κ1) is 14.6. The van der Waals surface area contributed by atoms with E-state index in [0.29, 0.717) is 5.02 Å². The molecule has 0 spiro atoms. The standard InChI is InChI=1S/C11H8ClF4N3O/c12-7-2-1-4-17-9(7)19-5-3-8(18-19)20-6-11(15,16)10(13)14/h1-5,10H,6H2. The second-order valence-corrected chi connectivity index (χ2v) is 4.16. The smallest absolute Gasteiger partial charge is 0.340 e. The fourth-order valence-electron chi connectivity index (χ4n) is 1.28. The lowest BCUT2D eigenvalue weighted by molar-refractivity contribution is -0.148. The van der Waals surface area contributed by atoms with E-state index in [0.717, 1.165) is 0 Å². The van der Waals surface area contributed by atoms with E-state index in [1.165, 1.54) is 23.1 Å². The maximum atomic E-state index is 12.7. The van der Waals surface area contributed by atoms with Gasteiger partial charge < -0.3 is 4.74 Å². The molecule has 0 atom stereocenters. The monoisotopic (exact) mass is 309 g/mol. The van der Waals surface area contributed by atoms with Crippen molar-refractivity contribution >= 4 is 11.6 Å². The molecule has 0 bridgehead atoms. The highest BCUT2D eigenvalue weighted by atomic mass is 35.5. The SMILES string of the molecule is FC(F)C(F)(F)COc1ccn(-c2ncccc2Cl)n1. The number of halogens is 5. The molecule has 0 aromatic carbocycles. The third kappa shape index (κ3) is 3.19.